The number of carboxylic acid groups (broad SMARTS) is 1. The van der Waals surface area contributed by atoms with E-state index in [2.05, 4.69) is 15.9 Å². The van der Waals surface area contributed by atoms with Gasteiger partial charge in [0, 0.05) is 15.6 Å². The zero-order valence-corrected chi connectivity index (χ0v) is 11.8. The average Bonchev–Trinajstić information content (AvgIpc) is 2.53. The van der Waals surface area contributed by atoms with Gasteiger partial charge < -0.3 is 5.11 Å². The van der Waals surface area contributed by atoms with Gasteiger partial charge in [0.1, 0.15) is 0 Å². The van der Waals surface area contributed by atoms with E-state index >= 15 is 0 Å². The highest BCUT2D eigenvalue weighted by atomic mass is 79.9. The van der Waals surface area contributed by atoms with Crippen molar-refractivity contribution in [2.24, 2.45) is 0 Å². The molecule has 98 valence electrons. The zero-order valence-electron chi connectivity index (χ0n) is 10.2. The van der Waals surface area contributed by atoms with E-state index in [9.17, 15) is 14.4 Å². The number of carbonyl (C=O) groups excluding carboxylic acids is 2. The molecule has 0 unspecified atom stereocenters. The molecule has 2 rings (SSSR count). The first-order chi connectivity index (χ1) is 8.82. The van der Waals surface area contributed by atoms with E-state index in [1.54, 1.807) is 13.8 Å². The quantitative estimate of drug-likeness (QED) is 0.848. The van der Waals surface area contributed by atoms with Crippen molar-refractivity contribution in [1.82, 2.24) is 0 Å². The van der Waals surface area contributed by atoms with Gasteiger partial charge in [0.2, 0.25) is 0 Å². The number of hydrogen-bond donors (Lipinski definition) is 1. The molecule has 0 saturated heterocycles. The number of aromatic carboxylic acids is 1. The van der Waals surface area contributed by atoms with Crippen LogP contribution < -0.4 is 4.90 Å². The maximum Gasteiger partial charge on any atom is 0.335 e. The number of nitrogens with zero attached hydrogens (tertiary/aromatic N) is 1. The topological polar surface area (TPSA) is 74.7 Å². The lowest BCUT2D eigenvalue weighted by Gasteiger charge is -2.15. The highest BCUT2D eigenvalue weighted by Gasteiger charge is 2.34. The van der Waals surface area contributed by atoms with E-state index in [-0.39, 0.29) is 11.3 Å². The Morgan fingerprint density at radius 2 is 1.63 bits per heavy atom. The molecule has 6 heteroatoms. The number of amides is 2. The molecule has 0 atom stereocenters. The summed E-state index contributed by atoms with van der Waals surface area (Å²) in [5.41, 5.74) is 1.01. The van der Waals surface area contributed by atoms with Gasteiger partial charge >= 0.3 is 5.97 Å². The van der Waals surface area contributed by atoms with Crippen LogP contribution in [-0.2, 0) is 9.59 Å². The molecular weight excluding hydrogens is 314 g/mol. The molecule has 0 aliphatic carbocycles. The average molecular weight is 324 g/mol. The van der Waals surface area contributed by atoms with Crippen molar-refractivity contribution in [2.75, 3.05) is 4.90 Å². The number of halogens is 1. The van der Waals surface area contributed by atoms with Crippen molar-refractivity contribution < 1.29 is 19.5 Å². The van der Waals surface area contributed by atoms with Gasteiger partial charge in [0.05, 0.1) is 11.3 Å². The first-order valence-electron chi connectivity index (χ1n) is 5.43. The highest BCUT2D eigenvalue weighted by Crippen LogP contribution is 2.29. The monoisotopic (exact) mass is 323 g/mol. The number of rotatable bonds is 2. The molecule has 0 fully saturated rings. The Labute approximate surface area is 117 Å². The second kappa shape index (κ2) is 4.62. The molecule has 0 radical (unpaired) electrons. The summed E-state index contributed by atoms with van der Waals surface area (Å²) in [4.78, 5) is 36.0. The zero-order chi connectivity index (χ0) is 14.3. The predicted octanol–water partition coefficient (Wildman–Crippen LogP) is 2.36. The molecule has 0 bridgehead atoms. The number of imide groups is 1. The third kappa shape index (κ3) is 2.19. The van der Waals surface area contributed by atoms with Crippen molar-refractivity contribution in [3.05, 3.63) is 39.4 Å². The molecule has 1 aromatic rings. The predicted molar refractivity (Wildman–Crippen MR) is 72.0 cm³/mol. The fourth-order valence-corrected chi connectivity index (χ4v) is 2.29. The molecule has 1 N–H and O–H groups in total. The molecule has 5 nitrogen and oxygen atoms in total. The van der Waals surface area contributed by atoms with Gasteiger partial charge in [0.25, 0.3) is 11.8 Å². The Morgan fingerprint density at radius 1 is 1.11 bits per heavy atom. The van der Waals surface area contributed by atoms with Crippen LogP contribution in [-0.4, -0.2) is 22.9 Å². The lowest BCUT2D eigenvalue weighted by atomic mass is 10.2. The minimum Gasteiger partial charge on any atom is -0.478 e. The van der Waals surface area contributed by atoms with Gasteiger partial charge in [-0.1, -0.05) is 15.9 Å². The van der Waals surface area contributed by atoms with Gasteiger partial charge in [0.15, 0.2) is 0 Å². The van der Waals surface area contributed by atoms with Crippen LogP contribution in [0.2, 0.25) is 0 Å². The van der Waals surface area contributed by atoms with Gasteiger partial charge in [-0.3, -0.25) is 9.59 Å². The lowest BCUT2D eigenvalue weighted by Crippen LogP contribution is -2.31. The largest absolute Gasteiger partial charge is 0.478 e. The minimum absolute atomic E-state index is 0.00665. The van der Waals surface area contributed by atoms with Gasteiger partial charge in [-0.05, 0) is 32.0 Å². The lowest BCUT2D eigenvalue weighted by molar-refractivity contribution is -0.120. The SMILES string of the molecule is CC1=C(C)C(=O)N(c2cc(Br)cc(C(=O)O)c2)C1=O. The molecular formula is C13H10BrNO4. The maximum absolute atomic E-state index is 12.0. The summed E-state index contributed by atoms with van der Waals surface area (Å²) in [5, 5.41) is 8.99. The van der Waals surface area contributed by atoms with E-state index in [1.165, 1.54) is 18.2 Å². The number of benzene rings is 1. The second-order valence-electron chi connectivity index (χ2n) is 4.20. The van der Waals surface area contributed by atoms with Crippen LogP contribution in [0.3, 0.4) is 0 Å². The van der Waals surface area contributed by atoms with E-state index in [4.69, 9.17) is 5.11 Å². The number of carbonyl (C=O) groups is 3. The Morgan fingerprint density at radius 3 is 2.11 bits per heavy atom. The van der Waals surface area contributed by atoms with E-state index in [0.717, 1.165) is 4.90 Å². The van der Waals surface area contributed by atoms with Crippen LogP contribution in [0.15, 0.2) is 33.8 Å². The third-order valence-electron chi connectivity index (χ3n) is 3.00. The van der Waals surface area contributed by atoms with Crippen LogP contribution in [0, 0.1) is 0 Å². The molecule has 1 heterocycles. The normalized spacial score (nSPS) is 15.4. The third-order valence-corrected chi connectivity index (χ3v) is 3.46. The molecule has 0 saturated carbocycles. The van der Waals surface area contributed by atoms with E-state index < -0.39 is 17.8 Å². The number of anilines is 1. The van der Waals surface area contributed by atoms with Crippen LogP contribution in [0.25, 0.3) is 0 Å². The summed E-state index contributed by atoms with van der Waals surface area (Å²) in [7, 11) is 0. The summed E-state index contributed by atoms with van der Waals surface area (Å²) in [5.74, 6) is -1.96. The first kappa shape index (κ1) is 13.5. The standard InChI is InChI=1S/C13H10BrNO4/c1-6-7(2)12(17)15(11(6)16)10-4-8(13(18)19)3-9(14)5-10/h3-5H,1-2H3,(H,18,19). The van der Waals surface area contributed by atoms with Crippen LogP contribution >= 0.6 is 15.9 Å². The van der Waals surface area contributed by atoms with Crippen molar-refractivity contribution in [3.63, 3.8) is 0 Å². The summed E-state index contributed by atoms with van der Waals surface area (Å²) < 4.78 is 0.491. The molecule has 2 amide bonds. The van der Waals surface area contributed by atoms with Crippen molar-refractivity contribution >= 4 is 39.4 Å². The fourth-order valence-electron chi connectivity index (χ4n) is 1.81. The summed E-state index contributed by atoms with van der Waals surface area (Å²) in [6.07, 6.45) is 0. The summed E-state index contributed by atoms with van der Waals surface area (Å²) >= 11 is 3.17. The molecule has 1 aliphatic rings. The smallest absolute Gasteiger partial charge is 0.335 e. The molecule has 0 spiro atoms. The summed E-state index contributed by atoms with van der Waals surface area (Å²) in [6.45, 7) is 3.15. The van der Waals surface area contributed by atoms with Gasteiger partial charge in [-0.15, -0.1) is 0 Å². The van der Waals surface area contributed by atoms with Crippen LogP contribution in [0.5, 0.6) is 0 Å². The molecule has 0 aromatic heterocycles. The Hall–Kier alpha value is -1.95. The fraction of sp³-hybridized carbons (Fsp3) is 0.154. The van der Waals surface area contributed by atoms with Crippen molar-refractivity contribution in [3.8, 4) is 0 Å². The van der Waals surface area contributed by atoms with Gasteiger partial charge in [-0.25, -0.2) is 9.69 Å². The number of carboxylic acids is 1. The Bertz CT molecular complexity index is 624. The minimum atomic E-state index is -1.12. The Balaban J connectivity index is 2.53. The van der Waals surface area contributed by atoms with Crippen LogP contribution in [0.4, 0.5) is 5.69 Å². The maximum atomic E-state index is 12.0. The molecule has 1 aromatic carbocycles. The first-order valence-corrected chi connectivity index (χ1v) is 6.22. The molecule has 1 aliphatic heterocycles. The van der Waals surface area contributed by atoms with Crippen molar-refractivity contribution in [1.29, 1.82) is 0 Å². The second-order valence-corrected chi connectivity index (χ2v) is 5.11. The van der Waals surface area contributed by atoms with Gasteiger partial charge in [-0.2, -0.15) is 0 Å². The summed E-state index contributed by atoms with van der Waals surface area (Å²) in [6, 6.07) is 4.24. The molecule has 19 heavy (non-hydrogen) atoms. The van der Waals surface area contributed by atoms with Crippen molar-refractivity contribution in [2.45, 2.75) is 13.8 Å². The van der Waals surface area contributed by atoms with E-state index in [0.29, 0.717) is 15.6 Å². The Kier molecular flexibility index (Phi) is 3.28. The van der Waals surface area contributed by atoms with E-state index in [1.807, 2.05) is 0 Å². The highest BCUT2D eigenvalue weighted by molar-refractivity contribution is 9.10. The van der Waals surface area contributed by atoms with Crippen LogP contribution in [0.1, 0.15) is 24.2 Å². The number of hydrogen-bond acceptors (Lipinski definition) is 3.